The maximum Gasteiger partial charge on any atom is 0.387 e. The summed E-state index contributed by atoms with van der Waals surface area (Å²) in [6.07, 6.45) is 0. The minimum atomic E-state index is -3.72. The molecule has 0 fully saturated rings. The Bertz CT molecular complexity index is 921. The van der Waals surface area contributed by atoms with Gasteiger partial charge in [0.1, 0.15) is 5.75 Å². The molecule has 0 aliphatic carbocycles. The first kappa shape index (κ1) is 21.1. The monoisotopic (exact) mass is 418 g/mol. The number of alkyl halides is 2. The summed E-state index contributed by atoms with van der Waals surface area (Å²) in [4.78, 5) is 13.9. The zero-order valence-corrected chi connectivity index (χ0v) is 16.0. The minimum absolute atomic E-state index is 0.00995. The van der Waals surface area contributed by atoms with Crippen LogP contribution in [0, 0.1) is 0 Å². The van der Waals surface area contributed by atoms with Gasteiger partial charge in [-0.1, -0.05) is 23.7 Å². The Labute approximate surface area is 160 Å². The highest BCUT2D eigenvalue weighted by Gasteiger charge is 2.20. The molecule has 0 spiro atoms. The normalized spacial score (nSPS) is 11.5. The van der Waals surface area contributed by atoms with Crippen LogP contribution in [0.3, 0.4) is 0 Å². The zero-order valence-electron chi connectivity index (χ0n) is 14.4. The second-order valence-corrected chi connectivity index (χ2v) is 7.83. The van der Waals surface area contributed by atoms with Crippen LogP contribution in [0.25, 0.3) is 0 Å². The molecule has 1 amide bonds. The third-order valence-corrected chi connectivity index (χ3v) is 5.40. The highest BCUT2D eigenvalue weighted by Crippen LogP contribution is 2.23. The second-order valence-electron chi connectivity index (χ2n) is 5.53. The summed E-state index contributed by atoms with van der Waals surface area (Å²) in [5, 5.41) is 0.114. The van der Waals surface area contributed by atoms with Gasteiger partial charge in [-0.15, -0.1) is 0 Å². The molecule has 10 heteroatoms. The van der Waals surface area contributed by atoms with Gasteiger partial charge in [-0.25, -0.2) is 13.1 Å². The van der Waals surface area contributed by atoms with Crippen LogP contribution in [0.2, 0.25) is 5.02 Å². The molecular weight excluding hydrogens is 402 g/mol. The van der Waals surface area contributed by atoms with Crippen LogP contribution in [0.5, 0.6) is 5.75 Å². The summed E-state index contributed by atoms with van der Waals surface area (Å²) in [5.41, 5.74) is 0.704. The Morgan fingerprint density at radius 1 is 1.22 bits per heavy atom. The van der Waals surface area contributed by atoms with E-state index in [-0.39, 0.29) is 27.8 Å². The van der Waals surface area contributed by atoms with Crippen molar-refractivity contribution in [2.75, 3.05) is 14.1 Å². The van der Waals surface area contributed by atoms with Crippen LogP contribution in [0.4, 0.5) is 8.78 Å². The van der Waals surface area contributed by atoms with Gasteiger partial charge in [0.15, 0.2) is 0 Å². The first-order chi connectivity index (χ1) is 12.6. The fraction of sp³-hybridized carbons (Fsp3) is 0.235. The van der Waals surface area contributed by atoms with Gasteiger partial charge in [-0.2, -0.15) is 8.78 Å². The highest BCUT2D eigenvalue weighted by atomic mass is 35.5. The summed E-state index contributed by atoms with van der Waals surface area (Å²) in [7, 11) is -0.947. The average molecular weight is 419 g/mol. The van der Waals surface area contributed by atoms with Gasteiger partial charge in [-0.05, 0) is 42.9 Å². The molecule has 2 aromatic rings. The lowest BCUT2D eigenvalue weighted by Gasteiger charge is -2.19. The van der Waals surface area contributed by atoms with Crippen molar-refractivity contribution < 1.29 is 26.7 Å². The van der Waals surface area contributed by atoms with Crippen molar-refractivity contribution >= 4 is 27.5 Å². The number of halogens is 3. The Balaban J connectivity index is 2.18. The van der Waals surface area contributed by atoms with Crippen molar-refractivity contribution in [3.8, 4) is 5.75 Å². The average Bonchev–Trinajstić information content (AvgIpc) is 2.62. The number of carbonyl (C=O) groups excluding carboxylic acids is 1. The Morgan fingerprint density at radius 2 is 1.85 bits per heavy atom. The van der Waals surface area contributed by atoms with Crippen LogP contribution >= 0.6 is 11.6 Å². The van der Waals surface area contributed by atoms with E-state index in [9.17, 15) is 22.0 Å². The topological polar surface area (TPSA) is 75.7 Å². The molecule has 0 radical (unpaired) electrons. The standard InChI is InChI=1S/C17H17ClF2N2O4S/c1-21-27(24,25)13-7-8-15(18)14(9-13)16(23)22(2)10-11-3-5-12(6-4-11)26-17(19)20/h3-9,17,21H,10H2,1-2H3. The molecule has 6 nitrogen and oxygen atoms in total. The molecule has 0 unspecified atom stereocenters. The SMILES string of the molecule is CNS(=O)(=O)c1ccc(Cl)c(C(=O)N(C)Cc2ccc(OC(F)F)cc2)c1. The number of carbonyl (C=O) groups is 1. The largest absolute Gasteiger partial charge is 0.435 e. The Morgan fingerprint density at radius 3 is 2.41 bits per heavy atom. The van der Waals surface area contributed by atoms with Gasteiger partial charge < -0.3 is 9.64 Å². The molecule has 2 rings (SSSR count). The lowest BCUT2D eigenvalue weighted by atomic mass is 10.1. The number of benzene rings is 2. The molecule has 0 saturated carbocycles. The zero-order chi connectivity index (χ0) is 20.2. The summed E-state index contributed by atoms with van der Waals surface area (Å²) in [6.45, 7) is -2.75. The van der Waals surface area contributed by atoms with Crippen molar-refractivity contribution in [2.24, 2.45) is 0 Å². The summed E-state index contributed by atoms with van der Waals surface area (Å²) in [6, 6.07) is 9.67. The third kappa shape index (κ3) is 5.38. The van der Waals surface area contributed by atoms with Gasteiger partial charge in [0.05, 0.1) is 15.5 Å². The Hall–Kier alpha value is -2.23. The van der Waals surface area contributed by atoms with Crippen LogP contribution in [-0.4, -0.2) is 39.9 Å². The summed E-state index contributed by atoms with van der Waals surface area (Å²) >= 11 is 6.05. The first-order valence-corrected chi connectivity index (χ1v) is 9.52. The fourth-order valence-corrected chi connectivity index (χ4v) is 3.24. The van der Waals surface area contributed by atoms with E-state index in [1.54, 1.807) is 12.1 Å². The fourth-order valence-electron chi connectivity index (χ4n) is 2.28. The van der Waals surface area contributed by atoms with Gasteiger partial charge in [0.25, 0.3) is 5.91 Å². The van der Waals surface area contributed by atoms with E-state index in [1.807, 2.05) is 0 Å². The maximum atomic E-state index is 12.7. The number of hydrogen-bond acceptors (Lipinski definition) is 4. The molecule has 2 aromatic carbocycles. The van der Waals surface area contributed by atoms with E-state index < -0.39 is 22.5 Å². The molecule has 0 heterocycles. The third-order valence-electron chi connectivity index (χ3n) is 3.66. The van der Waals surface area contributed by atoms with Gasteiger partial charge in [0.2, 0.25) is 10.0 Å². The smallest absolute Gasteiger partial charge is 0.387 e. The molecule has 0 saturated heterocycles. The number of ether oxygens (including phenoxy) is 1. The van der Waals surface area contributed by atoms with Crippen LogP contribution in [0.15, 0.2) is 47.4 Å². The molecular formula is C17H17ClF2N2O4S. The predicted octanol–water partition coefficient (Wildman–Crippen LogP) is 3.12. The van der Waals surface area contributed by atoms with Crippen LogP contribution in [-0.2, 0) is 16.6 Å². The number of nitrogens with zero attached hydrogens (tertiary/aromatic N) is 1. The van der Waals surface area contributed by atoms with Gasteiger partial charge in [0, 0.05) is 13.6 Å². The number of rotatable bonds is 7. The van der Waals surface area contributed by atoms with E-state index in [4.69, 9.17) is 11.6 Å². The Kier molecular flexibility index (Phi) is 6.74. The highest BCUT2D eigenvalue weighted by molar-refractivity contribution is 7.89. The van der Waals surface area contributed by atoms with Gasteiger partial charge in [-0.3, -0.25) is 4.79 Å². The molecule has 0 bridgehead atoms. The van der Waals surface area contributed by atoms with Crippen molar-refractivity contribution in [1.82, 2.24) is 9.62 Å². The van der Waals surface area contributed by atoms with Gasteiger partial charge >= 0.3 is 6.61 Å². The van der Waals surface area contributed by atoms with E-state index in [0.29, 0.717) is 5.56 Å². The molecule has 0 aliphatic rings. The molecule has 146 valence electrons. The second kappa shape index (κ2) is 8.64. The molecule has 0 aliphatic heterocycles. The molecule has 0 atom stereocenters. The molecule has 27 heavy (non-hydrogen) atoms. The summed E-state index contributed by atoms with van der Waals surface area (Å²) < 4.78 is 54.6. The number of amides is 1. The van der Waals surface area contributed by atoms with Crippen LogP contribution in [0.1, 0.15) is 15.9 Å². The molecule has 0 aromatic heterocycles. The maximum absolute atomic E-state index is 12.7. The first-order valence-electron chi connectivity index (χ1n) is 7.66. The quantitative estimate of drug-likeness (QED) is 0.749. The van der Waals surface area contributed by atoms with E-state index in [2.05, 4.69) is 9.46 Å². The molecule has 1 N–H and O–H groups in total. The van der Waals surface area contributed by atoms with E-state index >= 15 is 0 Å². The number of nitrogens with one attached hydrogen (secondary N) is 1. The van der Waals surface area contributed by atoms with Crippen molar-refractivity contribution in [2.45, 2.75) is 18.1 Å². The predicted molar refractivity (Wildman–Crippen MR) is 96.6 cm³/mol. The summed E-state index contributed by atoms with van der Waals surface area (Å²) in [5.74, 6) is -0.475. The van der Waals surface area contributed by atoms with E-state index in [1.165, 1.54) is 49.3 Å². The lowest BCUT2D eigenvalue weighted by Crippen LogP contribution is -2.27. The number of sulfonamides is 1. The van der Waals surface area contributed by atoms with Crippen LogP contribution < -0.4 is 9.46 Å². The lowest BCUT2D eigenvalue weighted by molar-refractivity contribution is -0.0498. The van der Waals surface area contributed by atoms with Crippen molar-refractivity contribution in [1.29, 1.82) is 0 Å². The minimum Gasteiger partial charge on any atom is -0.435 e. The van der Waals surface area contributed by atoms with Crippen molar-refractivity contribution in [3.05, 3.63) is 58.6 Å². The van der Waals surface area contributed by atoms with Crippen molar-refractivity contribution in [3.63, 3.8) is 0 Å². The van der Waals surface area contributed by atoms with E-state index in [0.717, 1.165) is 0 Å². The number of hydrogen-bond donors (Lipinski definition) is 1.